The van der Waals surface area contributed by atoms with Gasteiger partial charge in [0.1, 0.15) is 0 Å². The number of aryl methyl sites for hydroxylation is 1. The first-order valence-electron chi connectivity index (χ1n) is 6.79. The van der Waals surface area contributed by atoms with Crippen molar-refractivity contribution < 1.29 is 14.2 Å². The van der Waals surface area contributed by atoms with Gasteiger partial charge in [-0.1, -0.05) is 0 Å². The van der Waals surface area contributed by atoms with Crippen molar-refractivity contribution in [1.82, 2.24) is 9.88 Å². The number of hydrogen-bond acceptors (Lipinski definition) is 4. The maximum atomic E-state index is 5.35. The second kappa shape index (κ2) is 7.04. The fraction of sp³-hybridized carbons (Fsp3) is 0.375. The molecule has 0 radical (unpaired) electrons. The zero-order valence-electron chi connectivity index (χ0n) is 13.0. The molecule has 1 N–H and O–H groups in total. The van der Waals surface area contributed by atoms with Crippen LogP contribution in [0.1, 0.15) is 11.3 Å². The topological polar surface area (TPSA) is 44.7 Å². The van der Waals surface area contributed by atoms with Crippen molar-refractivity contribution >= 4 is 0 Å². The highest BCUT2D eigenvalue weighted by atomic mass is 16.5. The Labute approximate surface area is 125 Å². The fourth-order valence-corrected chi connectivity index (χ4v) is 2.25. The lowest BCUT2D eigenvalue weighted by Crippen LogP contribution is -2.15. The van der Waals surface area contributed by atoms with Crippen molar-refractivity contribution in [2.45, 2.75) is 13.1 Å². The molecule has 1 heterocycles. The van der Waals surface area contributed by atoms with Crippen LogP contribution in [0, 0.1) is 0 Å². The standard InChI is InChI=1S/C16H22N2O3/c1-18-7-5-6-13(18)11-17-10-12-8-14(19-2)16(21-4)15(9-12)20-3/h5-9,17H,10-11H2,1-4H3. The Morgan fingerprint density at radius 3 is 2.14 bits per heavy atom. The van der Waals surface area contributed by atoms with Crippen LogP contribution < -0.4 is 19.5 Å². The summed E-state index contributed by atoms with van der Waals surface area (Å²) in [7, 11) is 6.89. The molecule has 0 aliphatic heterocycles. The lowest BCUT2D eigenvalue weighted by atomic mass is 10.1. The smallest absolute Gasteiger partial charge is 0.203 e. The van der Waals surface area contributed by atoms with Gasteiger partial charge in [-0.15, -0.1) is 0 Å². The summed E-state index contributed by atoms with van der Waals surface area (Å²) in [5.74, 6) is 1.96. The van der Waals surface area contributed by atoms with Gasteiger partial charge in [0.2, 0.25) is 5.75 Å². The van der Waals surface area contributed by atoms with Crippen molar-refractivity contribution in [1.29, 1.82) is 0 Å². The molecule has 2 rings (SSSR count). The molecular weight excluding hydrogens is 268 g/mol. The third-order valence-corrected chi connectivity index (χ3v) is 3.41. The van der Waals surface area contributed by atoms with Gasteiger partial charge < -0.3 is 24.1 Å². The second-order valence-electron chi connectivity index (χ2n) is 4.75. The van der Waals surface area contributed by atoms with Crippen LogP contribution in [0.5, 0.6) is 17.2 Å². The highest BCUT2D eigenvalue weighted by molar-refractivity contribution is 5.53. The van der Waals surface area contributed by atoms with Gasteiger partial charge >= 0.3 is 0 Å². The van der Waals surface area contributed by atoms with Gasteiger partial charge in [-0.05, 0) is 29.8 Å². The highest BCUT2D eigenvalue weighted by Crippen LogP contribution is 2.38. The Hall–Kier alpha value is -2.14. The summed E-state index contributed by atoms with van der Waals surface area (Å²) in [5, 5.41) is 3.41. The van der Waals surface area contributed by atoms with Gasteiger partial charge in [0.15, 0.2) is 11.5 Å². The van der Waals surface area contributed by atoms with E-state index in [0.29, 0.717) is 17.2 Å². The number of rotatable bonds is 7. The molecule has 0 bridgehead atoms. The van der Waals surface area contributed by atoms with Crippen LogP contribution in [0.15, 0.2) is 30.5 Å². The number of hydrogen-bond donors (Lipinski definition) is 1. The lowest BCUT2D eigenvalue weighted by molar-refractivity contribution is 0.323. The fourth-order valence-electron chi connectivity index (χ4n) is 2.25. The SMILES string of the molecule is COc1cc(CNCc2cccn2C)cc(OC)c1OC. The van der Waals surface area contributed by atoms with E-state index in [1.165, 1.54) is 5.69 Å². The number of methoxy groups -OCH3 is 3. The van der Waals surface area contributed by atoms with E-state index < -0.39 is 0 Å². The minimum atomic E-state index is 0.617. The molecule has 0 aliphatic rings. The van der Waals surface area contributed by atoms with Gasteiger partial charge in [-0.2, -0.15) is 0 Å². The Bertz CT molecular complexity index is 568. The lowest BCUT2D eigenvalue weighted by Gasteiger charge is -2.14. The summed E-state index contributed by atoms with van der Waals surface area (Å²) < 4.78 is 18.1. The summed E-state index contributed by atoms with van der Waals surface area (Å²) in [4.78, 5) is 0. The minimum absolute atomic E-state index is 0.617. The Morgan fingerprint density at radius 2 is 1.67 bits per heavy atom. The average Bonchev–Trinajstić information content (AvgIpc) is 2.91. The molecule has 0 amide bonds. The predicted molar refractivity (Wildman–Crippen MR) is 82.1 cm³/mol. The first-order chi connectivity index (χ1) is 10.2. The van der Waals surface area contributed by atoms with Crippen molar-refractivity contribution in [2.24, 2.45) is 7.05 Å². The third kappa shape index (κ3) is 3.49. The first kappa shape index (κ1) is 15.3. The van der Waals surface area contributed by atoms with E-state index in [1.54, 1.807) is 21.3 Å². The largest absolute Gasteiger partial charge is 0.493 e. The van der Waals surface area contributed by atoms with Crippen molar-refractivity contribution in [2.75, 3.05) is 21.3 Å². The van der Waals surface area contributed by atoms with Gasteiger partial charge in [0, 0.05) is 32.0 Å². The van der Waals surface area contributed by atoms with Crippen molar-refractivity contribution in [3.63, 3.8) is 0 Å². The van der Waals surface area contributed by atoms with Gasteiger partial charge in [-0.3, -0.25) is 0 Å². The van der Waals surface area contributed by atoms with E-state index in [1.807, 2.05) is 31.4 Å². The maximum Gasteiger partial charge on any atom is 0.203 e. The molecule has 114 valence electrons. The van der Waals surface area contributed by atoms with E-state index in [2.05, 4.69) is 16.0 Å². The molecule has 0 saturated carbocycles. The minimum Gasteiger partial charge on any atom is -0.493 e. The number of nitrogens with zero attached hydrogens (tertiary/aromatic N) is 1. The van der Waals surface area contributed by atoms with Crippen LogP contribution in [0.25, 0.3) is 0 Å². The van der Waals surface area contributed by atoms with Crippen molar-refractivity contribution in [3.05, 3.63) is 41.7 Å². The van der Waals surface area contributed by atoms with E-state index >= 15 is 0 Å². The van der Waals surface area contributed by atoms with E-state index in [0.717, 1.165) is 18.7 Å². The monoisotopic (exact) mass is 290 g/mol. The van der Waals surface area contributed by atoms with Crippen LogP contribution in [-0.2, 0) is 20.1 Å². The second-order valence-corrected chi connectivity index (χ2v) is 4.75. The molecule has 0 spiro atoms. The third-order valence-electron chi connectivity index (χ3n) is 3.41. The number of benzene rings is 1. The molecule has 5 nitrogen and oxygen atoms in total. The van der Waals surface area contributed by atoms with Crippen LogP contribution in [0.4, 0.5) is 0 Å². The Morgan fingerprint density at radius 1 is 1.00 bits per heavy atom. The Balaban J connectivity index is 2.08. The molecule has 1 aromatic heterocycles. The zero-order valence-corrected chi connectivity index (χ0v) is 13.0. The summed E-state index contributed by atoms with van der Waals surface area (Å²) in [5.41, 5.74) is 2.32. The van der Waals surface area contributed by atoms with Crippen LogP contribution in [0.2, 0.25) is 0 Å². The normalized spacial score (nSPS) is 10.5. The van der Waals surface area contributed by atoms with Gasteiger partial charge in [-0.25, -0.2) is 0 Å². The molecule has 21 heavy (non-hydrogen) atoms. The molecule has 5 heteroatoms. The summed E-state index contributed by atoms with van der Waals surface area (Å²) >= 11 is 0. The Kier molecular flexibility index (Phi) is 5.11. The average molecular weight is 290 g/mol. The molecule has 0 aliphatic carbocycles. The predicted octanol–water partition coefficient (Wildman–Crippen LogP) is 2.34. The molecular formula is C16H22N2O3. The number of nitrogens with one attached hydrogen (secondary N) is 1. The number of ether oxygens (including phenoxy) is 3. The van der Waals surface area contributed by atoms with Crippen LogP contribution in [0.3, 0.4) is 0 Å². The number of aromatic nitrogens is 1. The van der Waals surface area contributed by atoms with E-state index in [4.69, 9.17) is 14.2 Å². The summed E-state index contributed by atoms with van der Waals surface area (Å²) in [6.07, 6.45) is 2.04. The van der Waals surface area contributed by atoms with Crippen LogP contribution in [-0.4, -0.2) is 25.9 Å². The summed E-state index contributed by atoms with van der Waals surface area (Å²) in [6, 6.07) is 8.05. The van der Waals surface area contributed by atoms with E-state index in [9.17, 15) is 0 Å². The molecule has 0 atom stereocenters. The zero-order chi connectivity index (χ0) is 15.2. The van der Waals surface area contributed by atoms with Crippen LogP contribution >= 0.6 is 0 Å². The van der Waals surface area contributed by atoms with Gasteiger partial charge in [0.05, 0.1) is 21.3 Å². The quantitative estimate of drug-likeness (QED) is 0.850. The molecule has 0 fully saturated rings. The van der Waals surface area contributed by atoms with Gasteiger partial charge in [0.25, 0.3) is 0 Å². The molecule has 1 aromatic carbocycles. The van der Waals surface area contributed by atoms with E-state index in [-0.39, 0.29) is 0 Å². The first-order valence-corrected chi connectivity index (χ1v) is 6.79. The highest BCUT2D eigenvalue weighted by Gasteiger charge is 2.12. The molecule has 2 aromatic rings. The maximum absolute atomic E-state index is 5.35. The molecule has 0 saturated heterocycles. The van der Waals surface area contributed by atoms with Crippen molar-refractivity contribution in [3.8, 4) is 17.2 Å². The molecule has 0 unspecified atom stereocenters. The summed E-state index contributed by atoms with van der Waals surface area (Å²) in [6.45, 7) is 1.53.